The number of aliphatic hydroxyl groups is 1. The van der Waals surface area contributed by atoms with E-state index in [-0.39, 0.29) is 21.8 Å². The Morgan fingerprint density at radius 1 is 1.00 bits per heavy atom. The van der Waals surface area contributed by atoms with Crippen molar-refractivity contribution in [3.8, 4) is 5.75 Å². The number of carbonyl (C=O) groups is 2. The van der Waals surface area contributed by atoms with Gasteiger partial charge in [-0.3, -0.25) is 14.5 Å². The molecule has 0 spiro atoms. The molecule has 1 aliphatic heterocycles. The Balaban J connectivity index is 1.96. The van der Waals surface area contributed by atoms with Gasteiger partial charge >= 0.3 is 0 Å². The molecule has 7 heteroatoms. The van der Waals surface area contributed by atoms with E-state index >= 15 is 0 Å². The van der Waals surface area contributed by atoms with E-state index in [1.807, 2.05) is 65.0 Å². The van der Waals surface area contributed by atoms with Gasteiger partial charge in [-0.05, 0) is 61.2 Å². The molecule has 1 heterocycles. The van der Waals surface area contributed by atoms with Crippen LogP contribution in [-0.4, -0.2) is 23.4 Å². The van der Waals surface area contributed by atoms with Gasteiger partial charge in [0.1, 0.15) is 11.5 Å². The Labute approximate surface area is 227 Å². The lowest BCUT2D eigenvalue weighted by atomic mass is 9.84. The van der Waals surface area contributed by atoms with Gasteiger partial charge in [0.2, 0.25) is 0 Å². The Hall–Kier alpha value is -3.28. The quantitative estimate of drug-likeness (QED) is 0.206. The van der Waals surface area contributed by atoms with Crippen molar-refractivity contribution in [2.75, 3.05) is 11.5 Å². The molecule has 192 valence electrons. The van der Waals surface area contributed by atoms with Gasteiger partial charge in [0, 0.05) is 16.8 Å². The number of nitrogens with zero attached hydrogens (tertiary/aromatic N) is 1. The first-order chi connectivity index (χ1) is 17.4. The maximum absolute atomic E-state index is 13.5. The number of aryl methyl sites for hydroxylation is 1. The van der Waals surface area contributed by atoms with Gasteiger partial charge in [-0.15, -0.1) is 0 Å². The number of hydrogen-bond donors (Lipinski definition) is 1. The van der Waals surface area contributed by atoms with Gasteiger partial charge in [-0.25, -0.2) is 0 Å². The fourth-order valence-electron chi connectivity index (χ4n) is 4.59. The third-order valence-corrected chi connectivity index (χ3v) is 7.08. The van der Waals surface area contributed by atoms with E-state index in [1.54, 1.807) is 30.3 Å². The van der Waals surface area contributed by atoms with E-state index < -0.39 is 17.7 Å². The normalized spacial score (nSPS) is 17.4. The van der Waals surface area contributed by atoms with Gasteiger partial charge in [0.15, 0.2) is 0 Å². The molecule has 1 atom stereocenters. The molecule has 3 aromatic rings. The van der Waals surface area contributed by atoms with E-state index in [2.05, 4.69) is 0 Å². The fraction of sp³-hybridized carbons (Fsp3) is 0.267. The summed E-state index contributed by atoms with van der Waals surface area (Å²) >= 11 is 12.4. The molecule has 1 N–H and O–H groups in total. The van der Waals surface area contributed by atoms with Gasteiger partial charge in [0.05, 0.1) is 28.3 Å². The number of halogens is 2. The number of rotatable bonds is 5. The zero-order valence-electron chi connectivity index (χ0n) is 21.4. The first-order valence-corrected chi connectivity index (χ1v) is 12.8. The third-order valence-electron chi connectivity index (χ3n) is 6.34. The van der Waals surface area contributed by atoms with Crippen molar-refractivity contribution in [2.45, 2.75) is 46.1 Å². The van der Waals surface area contributed by atoms with Crippen LogP contribution in [-0.2, 0) is 15.0 Å². The number of aliphatic hydroxyl groups excluding tert-OH is 1. The molecule has 0 saturated carbocycles. The smallest absolute Gasteiger partial charge is 0.300 e. The Bertz CT molecular complexity index is 1420. The standard InChI is InChI=1S/C30H29Cl2NO4/c1-6-37-24-13-10-19(15-21(24)30(3,4)5)27(34)25-26(18-9-7-8-17(2)14-18)33(29(36)28(25)35)20-11-12-22(31)23(32)16-20/h7-16,26,34H,6H2,1-5H3/b27-25-. The first kappa shape index (κ1) is 26.8. The van der Waals surface area contributed by atoms with E-state index in [0.717, 1.165) is 11.1 Å². The van der Waals surface area contributed by atoms with Crippen LogP contribution in [0.1, 0.15) is 56.0 Å². The second kappa shape index (κ2) is 10.2. The monoisotopic (exact) mass is 537 g/mol. The third kappa shape index (κ3) is 5.11. The number of Topliss-reactive ketones (excluding diaryl/α,β-unsaturated/α-hetero) is 1. The van der Waals surface area contributed by atoms with Crippen LogP contribution in [0.3, 0.4) is 0 Å². The summed E-state index contributed by atoms with van der Waals surface area (Å²) in [5, 5.41) is 12.2. The van der Waals surface area contributed by atoms with Gasteiger partial charge in [0.25, 0.3) is 11.7 Å². The van der Waals surface area contributed by atoms with Crippen molar-refractivity contribution < 1.29 is 19.4 Å². The van der Waals surface area contributed by atoms with Crippen molar-refractivity contribution in [2.24, 2.45) is 0 Å². The fourth-order valence-corrected chi connectivity index (χ4v) is 4.88. The summed E-state index contributed by atoms with van der Waals surface area (Å²) < 4.78 is 5.81. The second-order valence-corrected chi connectivity index (χ2v) is 10.9. The minimum absolute atomic E-state index is 0.00527. The summed E-state index contributed by atoms with van der Waals surface area (Å²) in [5.41, 5.74) is 3.07. The van der Waals surface area contributed by atoms with Crippen molar-refractivity contribution in [1.29, 1.82) is 0 Å². The zero-order chi connectivity index (χ0) is 27.1. The van der Waals surface area contributed by atoms with Crippen molar-refractivity contribution in [1.82, 2.24) is 0 Å². The highest BCUT2D eigenvalue weighted by Crippen LogP contribution is 2.44. The molecule has 1 aliphatic rings. The number of ether oxygens (including phenoxy) is 1. The highest BCUT2D eigenvalue weighted by atomic mass is 35.5. The van der Waals surface area contributed by atoms with E-state index in [9.17, 15) is 14.7 Å². The molecule has 0 aromatic heterocycles. The lowest BCUT2D eigenvalue weighted by Gasteiger charge is -2.26. The highest BCUT2D eigenvalue weighted by molar-refractivity contribution is 6.52. The van der Waals surface area contributed by atoms with Crippen molar-refractivity contribution in [3.05, 3.63) is 98.5 Å². The average Bonchev–Trinajstić information content (AvgIpc) is 3.10. The number of benzene rings is 3. The van der Waals surface area contributed by atoms with Crippen LogP contribution in [0, 0.1) is 6.92 Å². The lowest BCUT2D eigenvalue weighted by Crippen LogP contribution is -2.29. The Morgan fingerprint density at radius 2 is 1.73 bits per heavy atom. The molecule has 1 fully saturated rings. The molecule has 37 heavy (non-hydrogen) atoms. The summed E-state index contributed by atoms with van der Waals surface area (Å²) in [6, 6.07) is 16.7. The lowest BCUT2D eigenvalue weighted by molar-refractivity contribution is -0.132. The number of amides is 1. The Kier molecular flexibility index (Phi) is 7.40. The van der Waals surface area contributed by atoms with Crippen LogP contribution in [0.15, 0.2) is 66.2 Å². The van der Waals surface area contributed by atoms with Crippen LogP contribution >= 0.6 is 23.2 Å². The predicted molar refractivity (Wildman–Crippen MR) is 149 cm³/mol. The number of ketones is 1. The molecular formula is C30H29Cl2NO4. The predicted octanol–water partition coefficient (Wildman–Crippen LogP) is 7.62. The first-order valence-electron chi connectivity index (χ1n) is 12.0. The van der Waals surface area contributed by atoms with Crippen LogP contribution in [0.25, 0.3) is 5.76 Å². The molecule has 4 rings (SSSR count). The van der Waals surface area contributed by atoms with Crippen molar-refractivity contribution in [3.63, 3.8) is 0 Å². The molecule has 1 unspecified atom stereocenters. The summed E-state index contributed by atoms with van der Waals surface area (Å²) in [4.78, 5) is 28.3. The molecule has 5 nitrogen and oxygen atoms in total. The van der Waals surface area contributed by atoms with E-state index in [1.165, 1.54) is 4.90 Å². The largest absolute Gasteiger partial charge is 0.507 e. The minimum Gasteiger partial charge on any atom is -0.507 e. The molecule has 1 saturated heterocycles. The summed E-state index contributed by atoms with van der Waals surface area (Å²) in [5.74, 6) is -1.08. The Morgan fingerprint density at radius 3 is 2.35 bits per heavy atom. The molecule has 1 amide bonds. The maximum Gasteiger partial charge on any atom is 0.300 e. The van der Waals surface area contributed by atoms with Gasteiger partial charge in [-0.2, -0.15) is 0 Å². The number of hydrogen-bond acceptors (Lipinski definition) is 4. The SMILES string of the molecule is CCOc1ccc(/C(O)=C2/C(=O)C(=O)N(c3ccc(Cl)c(Cl)c3)C2c2cccc(C)c2)cc1C(C)(C)C. The second-order valence-electron chi connectivity index (χ2n) is 10.1. The number of anilines is 1. The van der Waals surface area contributed by atoms with Crippen LogP contribution < -0.4 is 9.64 Å². The molecule has 0 radical (unpaired) electrons. The van der Waals surface area contributed by atoms with E-state index in [4.69, 9.17) is 27.9 Å². The van der Waals surface area contributed by atoms with Gasteiger partial charge in [-0.1, -0.05) is 73.8 Å². The molecular weight excluding hydrogens is 509 g/mol. The summed E-state index contributed by atoms with van der Waals surface area (Å²) in [7, 11) is 0. The maximum atomic E-state index is 13.5. The topological polar surface area (TPSA) is 66.8 Å². The number of carbonyl (C=O) groups excluding carboxylic acids is 2. The molecule has 0 bridgehead atoms. The minimum atomic E-state index is -0.859. The molecule has 0 aliphatic carbocycles. The average molecular weight is 538 g/mol. The van der Waals surface area contributed by atoms with Crippen molar-refractivity contribution >= 4 is 46.3 Å². The highest BCUT2D eigenvalue weighted by Gasteiger charge is 2.47. The molecule has 3 aromatic carbocycles. The van der Waals surface area contributed by atoms with Gasteiger partial charge < -0.3 is 9.84 Å². The van der Waals surface area contributed by atoms with Crippen LogP contribution in [0.4, 0.5) is 5.69 Å². The zero-order valence-corrected chi connectivity index (χ0v) is 22.9. The van der Waals surface area contributed by atoms with Crippen LogP contribution in [0.5, 0.6) is 5.75 Å². The van der Waals surface area contributed by atoms with Crippen LogP contribution in [0.2, 0.25) is 10.0 Å². The summed E-state index contributed by atoms with van der Waals surface area (Å²) in [6.45, 7) is 10.5. The van der Waals surface area contributed by atoms with E-state index in [0.29, 0.717) is 34.2 Å². The summed E-state index contributed by atoms with van der Waals surface area (Å²) in [6.07, 6.45) is 0.